The van der Waals surface area contributed by atoms with Crippen molar-refractivity contribution in [2.24, 2.45) is 0 Å². The Morgan fingerprint density at radius 2 is 2.00 bits per heavy atom. The maximum atomic E-state index is 12.5. The quantitative estimate of drug-likeness (QED) is 0.914. The summed E-state index contributed by atoms with van der Waals surface area (Å²) in [5, 5.41) is 3.46. The summed E-state index contributed by atoms with van der Waals surface area (Å²) in [6.45, 7) is 3.64. The summed E-state index contributed by atoms with van der Waals surface area (Å²) in [5.41, 5.74) is 1.95. The molecule has 1 aliphatic rings. The number of benzene rings is 1. The minimum Gasteiger partial charge on any atom is -0.366 e. The molecule has 3 rings (SSSR count). The predicted octanol–water partition coefficient (Wildman–Crippen LogP) is 2.02. The van der Waals surface area contributed by atoms with Crippen LogP contribution >= 0.6 is 0 Å². The second-order valence-electron chi connectivity index (χ2n) is 6.14. The minimum absolute atomic E-state index is 0.0785. The van der Waals surface area contributed by atoms with Crippen LogP contribution < -0.4 is 10.2 Å². The molecule has 1 aromatic carbocycles. The van der Waals surface area contributed by atoms with Crippen molar-refractivity contribution in [3.8, 4) is 0 Å². The van der Waals surface area contributed by atoms with Crippen LogP contribution in [0.1, 0.15) is 16.8 Å². The third kappa shape index (κ3) is 3.92. The van der Waals surface area contributed by atoms with Gasteiger partial charge in [0.25, 0.3) is 5.91 Å². The number of nitrogens with zero attached hydrogens (tertiary/aromatic N) is 3. The Balaban J connectivity index is 1.61. The topological polar surface area (TPSA) is 48.5 Å². The summed E-state index contributed by atoms with van der Waals surface area (Å²) in [7, 11) is 1.88. The third-order valence-electron chi connectivity index (χ3n) is 4.51. The Bertz CT molecular complexity index is 647. The lowest BCUT2D eigenvalue weighted by molar-refractivity contribution is 0.0790. The number of nitrogens with one attached hydrogen (secondary N) is 1. The molecule has 1 atom stereocenters. The maximum Gasteiger partial charge on any atom is 0.253 e. The first-order valence-corrected chi connectivity index (χ1v) is 8.43. The first kappa shape index (κ1) is 16.5. The number of aromatic nitrogens is 1. The van der Waals surface area contributed by atoms with Crippen LogP contribution in [0, 0.1) is 0 Å². The smallest absolute Gasteiger partial charge is 0.253 e. The molecule has 0 aliphatic carbocycles. The Hall–Kier alpha value is -2.40. The molecule has 5 heteroatoms. The van der Waals surface area contributed by atoms with Crippen molar-refractivity contribution in [1.82, 2.24) is 15.2 Å². The van der Waals surface area contributed by atoms with Gasteiger partial charge in [0.2, 0.25) is 0 Å². The van der Waals surface area contributed by atoms with Crippen LogP contribution in [0.5, 0.6) is 0 Å². The highest BCUT2D eigenvalue weighted by Gasteiger charge is 2.23. The Morgan fingerprint density at radius 1 is 1.25 bits per heavy atom. The molecule has 1 aliphatic heterocycles. The number of amides is 1. The number of rotatable bonds is 5. The van der Waals surface area contributed by atoms with Crippen molar-refractivity contribution >= 4 is 11.6 Å². The molecule has 0 radical (unpaired) electrons. The van der Waals surface area contributed by atoms with Crippen molar-refractivity contribution in [2.75, 3.05) is 38.1 Å². The molecule has 0 bridgehead atoms. The highest BCUT2D eigenvalue weighted by Crippen LogP contribution is 2.19. The van der Waals surface area contributed by atoms with Crippen LogP contribution in [0.25, 0.3) is 0 Å². The minimum atomic E-state index is 0.0785. The van der Waals surface area contributed by atoms with E-state index in [2.05, 4.69) is 27.3 Å². The third-order valence-corrected chi connectivity index (χ3v) is 4.51. The summed E-state index contributed by atoms with van der Waals surface area (Å²) in [5.74, 6) is 0.0785. The second-order valence-corrected chi connectivity index (χ2v) is 6.14. The number of carbonyl (C=O) groups excluding carboxylic acids is 1. The number of piperazine rings is 1. The van der Waals surface area contributed by atoms with Gasteiger partial charge in [0.05, 0.1) is 0 Å². The first-order valence-electron chi connectivity index (χ1n) is 8.43. The lowest BCUT2D eigenvalue weighted by Gasteiger charge is -2.38. The van der Waals surface area contributed by atoms with Gasteiger partial charge in [-0.2, -0.15) is 0 Å². The molecule has 24 heavy (non-hydrogen) atoms. The fourth-order valence-corrected chi connectivity index (χ4v) is 3.14. The van der Waals surface area contributed by atoms with Crippen LogP contribution in [0.2, 0.25) is 0 Å². The summed E-state index contributed by atoms with van der Waals surface area (Å²) in [6.07, 6.45) is 4.60. The van der Waals surface area contributed by atoms with E-state index in [-0.39, 0.29) is 5.91 Å². The summed E-state index contributed by atoms with van der Waals surface area (Å²) >= 11 is 0. The van der Waals surface area contributed by atoms with E-state index in [9.17, 15) is 4.79 Å². The van der Waals surface area contributed by atoms with Crippen molar-refractivity contribution in [3.05, 3.63) is 60.4 Å². The van der Waals surface area contributed by atoms with Gasteiger partial charge in [-0.3, -0.25) is 9.78 Å². The predicted molar refractivity (Wildman–Crippen MR) is 96.3 cm³/mol. The molecule has 5 nitrogen and oxygen atoms in total. The molecule has 0 saturated carbocycles. The highest BCUT2D eigenvalue weighted by molar-refractivity contribution is 5.93. The molecule has 1 N–H and O–H groups in total. The van der Waals surface area contributed by atoms with E-state index >= 15 is 0 Å². The fraction of sp³-hybridized carbons (Fsp3) is 0.368. The van der Waals surface area contributed by atoms with Crippen LogP contribution in [0.15, 0.2) is 54.9 Å². The molecular formula is C19H24N4O. The van der Waals surface area contributed by atoms with Crippen LogP contribution in [0.4, 0.5) is 5.69 Å². The number of anilines is 1. The van der Waals surface area contributed by atoms with E-state index in [0.29, 0.717) is 6.04 Å². The van der Waals surface area contributed by atoms with E-state index in [4.69, 9.17) is 0 Å². The van der Waals surface area contributed by atoms with Crippen molar-refractivity contribution < 1.29 is 4.79 Å². The van der Waals surface area contributed by atoms with Gasteiger partial charge < -0.3 is 15.1 Å². The second kappa shape index (κ2) is 7.93. The number of pyridine rings is 1. The molecular weight excluding hydrogens is 300 g/mol. The molecule has 1 aromatic heterocycles. The van der Waals surface area contributed by atoms with E-state index in [1.807, 2.05) is 54.7 Å². The maximum absolute atomic E-state index is 12.5. The SMILES string of the molecule is CN(CCC1CNCCN1c1ccncc1)C(=O)c1ccccc1. The van der Waals surface area contributed by atoms with Crippen molar-refractivity contribution in [1.29, 1.82) is 0 Å². The first-order chi connectivity index (χ1) is 11.8. The zero-order chi connectivity index (χ0) is 16.8. The highest BCUT2D eigenvalue weighted by atomic mass is 16.2. The molecule has 1 fully saturated rings. The standard InChI is InChI=1S/C19H24N4O/c1-22(19(24)16-5-3-2-4-6-16)13-9-18-15-21-12-14-23(18)17-7-10-20-11-8-17/h2-8,10-11,18,21H,9,12-15H2,1H3. The Morgan fingerprint density at radius 3 is 2.75 bits per heavy atom. The van der Waals surface area contributed by atoms with E-state index in [1.165, 1.54) is 5.69 Å². The number of carbonyl (C=O) groups is 1. The van der Waals surface area contributed by atoms with Crippen molar-refractivity contribution in [3.63, 3.8) is 0 Å². The van der Waals surface area contributed by atoms with E-state index in [0.717, 1.165) is 38.2 Å². The summed E-state index contributed by atoms with van der Waals surface area (Å²) < 4.78 is 0. The van der Waals surface area contributed by atoms with E-state index < -0.39 is 0 Å². The van der Waals surface area contributed by atoms with Gasteiger partial charge in [0, 0.05) is 62.9 Å². The number of hydrogen-bond donors (Lipinski definition) is 1. The zero-order valence-electron chi connectivity index (χ0n) is 14.1. The van der Waals surface area contributed by atoms with Gasteiger partial charge in [-0.05, 0) is 30.7 Å². The van der Waals surface area contributed by atoms with Gasteiger partial charge in [0.1, 0.15) is 0 Å². The van der Waals surface area contributed by atoms with Crippen LogP contribution in [-0.4, -0.2) is 55.1 Å². The monoisotopic (exact) mass is 324 g/mol. The lowest BCUT2D eigenvalue weighted by atomic mass is 10.1. The van der Waals surface area contributed by atoms with E-state index in [1.54, 1.807) is 0 Å². The fourth-order valence-electron chi connectivity index (χ4n) is 3.14. The lowest BCUT2D eigenvalue weighted by Crippen LogP contribution is -2.52. The van der Waals surface area contributed by atoms with Gasteiger partial charge in [-0.1, -0.05) is 18.2 Å². The van der Waals surface area contributed by atoms with Crippen LogP contribution in [-0.2, 0) is 0 Å². The van der Waals surface area contributed by atoms with Gasteiger partial charge in [0.15, 0.2) is 0 Å². The van der Waals surface area contributed by atoms with Gasteiger partial charge in [-0.15, -0.1) is 0 Å². The summed E-state index contributed by atoms with van der Waals surface area (Å²) in [4.78, 5) is 20.8. The average Bonchev–Trinajstić information content (AvgIpc) is 2.67. The van der Waals surface area contributed by atoms with Crippen molar-refractivity contribution in [2.45, 2.75) is 12.5 Å². The molecule has 126 valence electrons. The van der Waals surface area contributed by atoms with Gasteiger partial charge in [-0.25, -0.2) is 0 Å². The Labute approximate surface area is 143 Å². The zero-order valence-corrected chi connectivity index (χ0v) is 14.1. The molecule has 1 amide bonds. The molecule has 2 heterocycles. The van der Waals surface area contributed by atoms with Crippen LogP contribution in [0.3, 0.4) is 0 Å². The molecule has 2 aromatic rings. The Kier molecular flexibility index (Phi) is 5.43. The normalized spacial score (nSPS) is 17.5. The molecule has 1 saturated heterocycles. The molecule has 1 unspecified atom stereocenters. The van der Waals surface area contributed by atoms with Gasteiger partial charge >= 0.3 is 0 Å². The molecule has 0 spiro atoms. The average molecular weight is 324 g/mol. The number of hydrogen-bond acceptors (Lipinski definition) is 4. The summed E-state index contributed by atoms with van der Waals surface area (Å²) in [6, 6.07) is 13.9. The largest absolute Gasteiger partial charge is 0.366 e.